The maximum absolute atomic E-state index is 11.8. The third-order valence-corrected chi connectivity index (χ3v) is 3.66. The van der Waals surface area contributed by atoms with E-state index >= 15 is 0 Å². The summed E-state index contributed by atoms with van der Waals surface area (Å²) in [5.74, 6) is -1.12. The molecule has 2 rings (SSSR count). The van der Waals surface area contributed by atoms with Gasteiger partial charge in [-0.05, 0) is 56.3 Å². The van der Waals surface area contributed by atoms with Crippen LogP contribution in [0.2, 0.25) is 0 Å². The zero-order valence-corrected chi connectivity index (χ0v) is 13.9. The number of nitriles is 1. The molecule has 1 amide bonds. The van der Waals surface area contributed by atoms with Crippen molar-refractivity contribution in [1.29, 1.82) is 5.26 Å². The van der Waals surface area contributed by atoms with Crippen LogP contribution in [0, 0.1) is 10.7 Å². The van der Waals surface area contributed by atoms with Gasteiger partial charge in [-0.1, -0.05) is 0 Å². The van der Waals surface area contributed by atoms with E-state index in [1.807, 2.05) is 5.40 Å². The molecule has 0 saturated heterocycles. The molecule has 0 bridgehead atoms. The highest BCUT2D eigenvalue weighted by Gasteiger charge is 2.11. The van der Waals surface area contributed by atoms with Gasteiger partial charge in [0.05, 0.1) is 5.69 Å². The molecule has 1 N–H and O–H groups in total. The normalized spacial score (nSPS) is 9.91. The van der Waals surface area contributed by atoms with Gasteiger partial charge < -0.3 is 10.1 Å². The van der Waals surface area contributed by atoms with Crippen LogP contribution in [-0.4, -0.2) is 38.7 Å². The predicted molar refractivity (Wildman–Crippen MR) is 83.0 cm³/mol. The van der Waals surface area contributed by atoms with Crippen molar-refractivity contribution in [3.63, 3.8) is 0 Å². The van der Waals surface area contributed by atoms with Crippen LogP contribution >= 0.6 is 27.7 Å². The average Bonchev–Trinajstić information content (AvgIpc) is 3.01. The summed E-state index contributed by atoms with van der Waals surface area (Å²) in [4.78, 5) is 24.0. The number of ether oxygens (including phenoxy) is 1. The van der Waals surface area contributed by atoms with Gasteiger partial charge in [0.15, 0.2) is 6.61 Å². The topological polar surface area (TPSA) is 123 Å². The molecule has 0 atom stereocenters. The van der Waals surface area contributed by atoms with Crippen molar-refractivity contribution >= 4 is 45.3 Å². The molecular weight excluding hydrogens is 388 g/mol. The third kappa shape index (κ3) is 5.35. The van der Waals surface area contributed by atoms with Crippen molar-refractivity contribution < 1.29 is 14.3 Å². The molecule has 1 aromatic heterocycles. The number of amides is 1. The summed E-state index contributed by atoms with van der Waals surface area (Å²) in [5, 5.41) is 23.4. The molecule has 2 aromatic rings. The number of aromatic nitrogens is 4. The number of thiocyanates is 1. The van der Waals surface area contributed by atoms with Crippen molar-refractivity contribution in [2.75, 3.05) is 11.9 Å². The van der Waals surface area contributed by atoms with Crippen LogP contribution in [0.3, 0.4) is 0 Å². The number of esters is 1. The first kappa shape index (κ1) is 16.9. The Morgan fingerprint density at radius 1 is 1.48 bits per heavy atom. The van der Waals surface area contributed by atoms with Crippen LogP contribution in [0.15, 0.2) is 33.9 Å². The summed E-state index contributed by atoms with van der Waals surface area (Å²) < 4.78 is 6.62. The summed E-state index contributed by atoms with van der Waals surface area (Å²) >= 11 is 4.30. The Kier molecular flexibility index (Phi) is 6.07. The van der Waals surface area contributed by atoms with E-state index < -0.39 is 18.5 Å². The second-order valence-electron chi connectivity index (χ2n) is 4.05. The quantitative estimate of drug-likeness (QED) is 0.438. The maximum Gasteiger partial charge on any atom is 0.328 e. The number of benzene rings is 1. The number of carbonyl (C=O) groups excluding carboxylic acids is 2. The summed E-state index contributed by atoms with van der Waals surface area (Å²) in [6, 6.07) is 5.04. The second-order valence-corrected chi connectivity index (χ2v) is 5.76. The molecule has 1 aromatic carbocycles. The Bertz CT molecular complexity index is 746. The lowest BCUT2D eigenvalue weighted by atomic mass is 10.3. The van der Waals surface area contributed by atoms with Crippen molar-refractivity contribution in [2.24, 2.45) is 0 Å². The molecule has 0 aliphatic carbocycles. The highest BCUT2D eigenvalue weighted by Crippen LogP contribution is 2.28. The minimum Gasteiger partial charge on any atom is -0.454 e. The molecule has 0 unspecified atom stereocenters. The largest absolute Gasteiger partial charge is 0.454 e. The summed E-state index contributed by atoms with van der Waals surface area (Å²) in [6.45, 7) is -0.605. The van der Waals surface area contributed by atoms with Gasteiger partial charge in [-0.3, -0.25) is 9.59 Å². The predicted octanol–water partition coefficient (Wildman–Crippen LogP) is 1.19. The second kappa shape index (κ2) is 8.25. The fraction of sp³-hybridized carbons (Fsp3) is 0.167. The van der Waals surface area contributed by atoms with E-state index in [1.54, 1.807) is 18.2 Å². The van der Waals surface area contributed by atoms with Crippen molar-refractivity contribution in [2.45, 2.75) is 11.4 Å². The van der Waals surface area contributed by atoms with Gasteiger partial charge >= 0.3 is 5.97 Å². The Labute approximate surface area is 143 Å². The molecule has 9 nitrogen and oxygen atoms in total. The van der Waals surface area contributed by atoms with Gasteiger partial charge in [0.2, 0.25) is 0 Å². The van der Waals surface area contributed by atoms with E-state index in [4.69, 9.17) is 10.00 Å². The summed E-state index contributed by atoms with van der Waals surface area (Å²) in [5.41, 5.74) is 0.508. The molecule has 0 saturated carbocycles. The van der Waals surface area contributed by atoms with E-state index in [0.29, 0.717) is 10.2 Å². The van der Waals surface area contributed by atoms with Gasteiger partial charge in [0.1, 0.15) is 18.3 Å². The molecular formula is C12H9BrN6O3S. The molecule has 11 heteroatoms. The van der Waals surface area contributed by atoms with Gasteiger partial charge in [-0.2, -0.15) is 5.26 Å². The number of hydrogen-bond acceptors (Lipinski definition) is 8. The zero-order valence-electron chi connectivity index (χ0n) is 11.5. The van der Waals surface area contributed by atoms with Crippen LogP contribution in [0.25, 0.3) is 0 Å². The van der Waals surface area contributed by atoms with E-state index in [-0.39, 0.29) is 6.54 Å². The Balaban J connectivity index is 1.82. The number of tetrazole rings is 1. The minimum atomic E-state index is -0.632. The number of nitrogens with one attached hydrogen (secondary N) is 1. The first-order valence-corrected chi connectivity index (χ1v) is 7.71. The van der Waals surface area contributed by atoms with Gasteiger partial charge in [0, 0.05) is 9.37 Å². The van der Waals surface area contributed by atoms with Crippen LogP contribution in [-0.2, 0) is 20.9 Å². The van der Waals surface area contributed by atoms with Gasteiger partial charge in [0.25, 0.3) is 5.91 Å². The van der Waals surface area contributed by atoms with Crippen LogP contribution in [0.5, 0.6) is 0 Å². The Morgan fingerprint density at radius 2 is 2.30 bits per heavy atom. The van der Waals surface area contributed by atoms with E-state index in [9.17, 15) is 9.59 Å². The highest BCUT2D eigenvalue weighted by molar-refractivity contribution is 9.10. The smallest absolute Gasteiger partial charge is 0.328 e. The van der Waals surface area contributed by atoms with Crippen molar-refractivity contribution in [1.82, 2.24) is 20.2 Å². The molecule has 0 aliphatic rings. The first-order chi connectivity index (χ1) is 11.1. The van der Waals surface area contributed by atoms with Crippen LogP contribution in [0.4, 0.5) is 5.69 Å². The zero-order chi connectivity index (χ0) is 16.7. The van der Waals surface area contributed by atoms with E-state index in [1.165, 1.54) is 11.0 Å². The molecule has 0 fully saturated rings. The number of anilines is 1. The van der Waals surface area contributed by atoms with Gasteiger partial charge in [-0.25, -0.2) is 4.68 Å². The molecule has 1 heterocycles. The van der Waals surface area contributed by atoms with Crippen molar-refractivity contribution in [3.05, 3.63) is 29.0 Å². The van der Waals surface area contributed by atoms with E-state index in [2.05, 4.69) is 36.8 Å². The molecule has 0 spiro atoms. The molecule has 118 valence electrons. The molecule has 0 radical (unpaired) electrons. The van der Waals surface area contributed by atoms with E-state index in [0.717, 1.165) is 16.7 Å². The molecule has 23 heavy (non-hydrogen) atoms. The fourth-order valence-corrected chi connectivity index (χ4v) is 2.52. The minimum absolute atomic E-state index is 0.177. The van der Waals surface area contributed by atoms with Crippen LogP contribution in [0.1, 0.15) is 0 Å². The number of hydrogen-bond donors (Lipinski definition) is 1. The lowest BCUT2D eigenvalue weighted by molar-refractivity contribution is -0.148. The SMILES string of the molecule is N#CSc1ccc(NC(=O)COC(=O)Cn2cnnn2)c(Br)c1. The Morgan fingerprint density at radius 3 is 2.96 bits per heavy atom. The number of rotatable bonds is 6. The highest BCUT2D eigenvalue weighted by atomic mass is 79.9. The monoisotopic (exact) mass is 396 g/mol. The number of thioether (sulfide) groups is 1. The summed E-state index contributed by atoms with van der Waals surface area (Å²) in [7, 11) is 0. The lowest BCUT2D eigenvalue weighted by Gasteiger charge is -2.08. The number of carbonyl (C=O) groups is 2. The number of halogens is 1. The third-order valence-electron chi connectivity index (χ3n) is 2.42. The first-order valence-electron chi connectivity index (χ1n) is 6.10. The standard InChI is InChI=1S/C12H9BrN6O3S/c13-9-3-8(23-6-14)1-2-10(9)16-11(20)5-22-12(21)4-19-7-15-17-18-19/h1-3,7H,4-5H2,(H,16,20). The fourth-order valence-electron chi connectivity index (χ4n) is 1.48. The van der Waals surface area contributed by atoms with Gasteiger partial charge in [-0.15, -0.1) is 5.10 Å². The molecule has 0 aliphatic heterocycles. The maximum atomic E-state index is 11.8. The van der Waals surface area contributed by atoms with Crippen LogP contribution < -0.4 is 5.32 Å². The summed E-state index contributed by atoms with van der Waals surface area (Å²) in [6.07, 6.45) is 1.26. The average molecular weight is 397 g/mol. The Hall–Kier alpha value is -2.45. The van der Waals surface area contributed by atoms with Crippen molar-refractivity contribution in [3.8, 4) is 5.40 Å². The lowest BCUT2D eigenvalue weighted by Crippen LogP contribution is -2.23. The number of nitrogens with zero attached hydrogens (tertiary/aromatic N) is 5.